The Kier molecular flexibility index (Phi) is 39.2. The number of rotatable bonds is 41. The second-order valence-electron chi connectivity index (χ2n) is 44.3. The zero-order valence-corrected chi connectivity index (χ0v) is 90.6. The van der Waals surface area contributed by atoms with Gasteiger partial charge in [-0.15, -0.1) is 0 Å². The van der Waals surface area contributed by atoms with Gasteiger partial charge in [0.05, 0.1) is 101 Å². The quantitative estimate of drug-likeness (QED) is 0.0182. The largest absolute Gasteiger partial charge is 0.462 e. The van der Waals surface area contributed by atoms with Crippen molar-refractivity contribution in [2.75, 3.05) is 19.8 Å². The predicted molar refractivity (Wildman–Crippen MR) is 517 cm³/mol. The number of alkyl halides is 3. The Morgan fingerprint density at radius 3 is 1.37 bits per heavy atom. The molecule has 24 nitrogen and oxygen atoms in total. The maximum atomic E-state index is 15.3. The van der Waals surface area contributed by atoms with E-state index < -0.39 is 189 Å². The Morgan fingerprint density at radius 2 is 0.885 bits per heavy atom. The maximum Gasteiger partial charge on any atom is 0.308 e. The minimum Gasteiger partial charge on any atom is -0.462 e. The molecular formula is C99H164Cl3NO23Si4. The Morgan fingerprint density at radius 1 is 0.469 bits per heavy atom. The number of hydrogen-bond donors (Lipinski definition) is 1. The molecule has 3 aromatic rings. The van der Waals surface area contributed by atoms with Crippen LogP contribution in [0.25, 0.3) is 0 Å². The Bertz CT molecular complexity index is 3980. The van der Waals surface area contributed by atoms with Gasteiger partial charge in [0.1, 0.15) is 54.9 Å². The van der Waals surface area contributed by atoms with Gasteiger partial charge in [0.25, 0.3) is 3.79 Å². The normalized spacial score (nSPS) is 31.2. The summed E-state index contributed by atoms with van der Waals surface area (Å²) in [6.45, 7) is 69.9. The average molecular weight is 1960 g/mol. The van der Waals surface area contributed by atoms with Gasteiger partial charge >= 0.3 is 11.9 Å². The van der Waals surface area contributed by atoms with Gasteiger partial charge in [-0.1, -0.05) is 277 Å². The highest BCUT2D eigenvalue weighted by molar-refractivity contribution is 6.76. The van der Waals surface area contributed by atoms with Crippen molar-refractivity contribution in [3.63, 3.8) is 0 Å². The molecule has 3 aromatic carbocycles. The van der Waals surface area contributed by atoms with Crippen LogP contribution in [0.15, 0.2) is 91.0 Å². The molecule has 9 rings (SSSR count). The van der Waals surface area contributed by atoms with E-state index in [-0.39, 0.29) is 94.6 Å². The zero-order valence-electron chi connectivity index (χ0n) is 84.3. The summed E-state index contributed by atoms with van der Waals surface area (Å²) >= 11 is 19.1. The van der Waals surface area contributed by atoms with Crippen molar-refractivity contribution in [3.8, 4) is 0 Å². The molecule has 740 valence electrons. The van der Waals surface area contributed by atoms with Crippen molar-refractivity contribution in [1.29, 1.82) is 5.41 Å². The highest BCUT2D eigenvalue weighted by Crippen LogP contribution is 2.49. The van der Waals surface area contributed by atoms with E-state index in [1.807, 2.05) is 112 Å². The molecule has 130 heavy (non-hydrogen) atoms. The van der Waals surface area contributed by atoms with Crippen LogP contribution < -0.4 is 0 Å². The summed E-state index contributed by atoms with van der Waals surface area (Å²) in [5.41, 5.74) is 3.04. The number of fused-ring (bicyclic) bond motifs is 1. The predicted octanol–water partition coefficient (Wildman–Crippen LogP) is 22.3. The van der Waals surface area contributed by atoms with Crippen molar-refractivity contribution in [2.24, 2.45) is 35.5 Å². The van der Waals surface area contributed by atoms with E-state index in [9.17, 15) is 0 Å². The fourth-order valence-electron chi connectivity index (χ4n) is 16.6. The summed E-state index contributed by atoms with van der Waals surface area (Å²) in [6, 6.07) is 30.1. The summed E-state index contributed by atoms with van der Waals surface area (Å²) in [7, 11) is -9.80. The first-order chi connectivity index (χ1) is 60.2. The van der Waals surface area contributed by atoms with E-state index in [0.717, 1.165) is 23.1 Å². The van der Waals surface area contributed by atoms with Crippen LogP contribution in [0.1, 0.15) is 221 Å². The molecule has 28 atom stereocenters. The van der Waals surface area contributed by atoms with Crippen LogP contribution in [0, 0.1) is 40.9 Å². The van der Waals surface area contributed by atoms with Gasteiger partial charge in [-0.25, -0.2) is 0 Å². The lowest BCUT2D eigenvalue weighted by atomic mass is 9.90. The fourth-order valence-corrected chi connectivity index (χ4v) is 21.8. The molecule has 1 N–H and O–H groups in total. The van der Waals surface area contributed by atoms with E-state index in [0.29, 0.717) is 39.3 Å². The summed E-state index contributed by atoms with van der Waals surface area (Å²) in [6.07, 6.45) is -14.9. The molecule has 6 fully saturated rings. The summed E-state index contributed by atoms with van der Waals surface area (Å²) in [5.74, 6) is -4.82. The van der Waals surface area contributed by atoms with E-state index in [1.54, 1.807) is 20.8 Å². The van der Waals surface area contributed by atoms with Crippen molar-refractivity contribution in [3.05, 3.63) is 108 Å². The van der Waals surface area contributed by atoms with Gasteiger partial charge in [-0.2, -0.15) is 0 Å². The molecule has 6 aliphatic rings. The molecule has 10 unspecified atom stereocenters. The minimum absolute atomic E-state index is 0.00964. The molecular weight excluding hydrogens is 1790 g/mol. The Hall–Kier alpha value is -2.91. The minimum atomic E-state index is -2.71. The lowest BCUT2D eigenvalue weighted by molar-refractivity contribution is -0.360. The van der Waals surface area contributed by atoms with Crippen LogP contribution in [0.4, 0.5) is 0 Å². The molecule has 6 heterocycles. The standard InChI is InChI=1S/C99H164Cl3NO23Si4/c1-33-60(3)73(114-78(104)52-72(125-129(29,30)96(17,18)19)51-74(61(4)34-2)115-90-65(8)83(126-130(31,32)97(20,21)22)77(116-90)59-111-127(25,26)94(11,12)13)50-71(124-128(27,28)95(14,15)16)53-79(105)117-80-62(5)84(91(112-66(80)9)121-93(103)99(100,101)102)119-92-87-86(122-98(23,24)123-87)85(67(10)113-92)120-89-64(7)82(76(58-110-89)107-55-69-46-40-36-41-47-69)118-88-63(6)81(108-56-70-48-42-37-43-49-70)75(57-109-88)106-54-68-44-38-35-39-45-68/h35-49,60-67,71-77,80-92,103H,33-34,50-59H2,1-32H3/t60-,61-,62?,63?,64?,65?,66+,67+,71-,72-,73-,74-,75+,76+,77-,80+,81?,82?,83?,84?,85-,86?,87?,88-,89-,90+,91+,92-/m0/s1. The molecule has 6 aliphatic heterocycles. The van der Waals surface area contributed by atoms with Crippen LogP contribution in [0.3, 0.4) is 0 Å². The third kappa shape index (κ3) is 29.6. The van der Waals surface area contributed by atoms with E-state index in [2.05, 4.69) is 177 Å². The maximum absolute atomic E-state index is 15.3. The van der Waals surface area contributed by atoms with Crippen LogP contribution in [-0.4, -0.2) is 216 Å². The molecule has 31 heteroatoms. The Balaban J connectivity index is 0.934. The first-order valence-electron chi connectivity index (χ1n) is 47.8. The second kappa shape index (κ2) is 46.0. The number of hydrogen-bond acceptors (Lipinski definition) is 24. The molecule has 0 aromatic heterocycles. The van der Waals surface area contributed by atoms with Gasteiger partial charge in [-0.3, -0.25) is 15.0 Å². The summed E-state index contributed by atoms with van der Waals surface area (Å²) < 4.78 is 143. The van der Waals surface area contributed by atoms with E-state index in [4.69, 9.17) is 138 Å². The smallest absolute Gasteiger partial charge is 0.308 e. The topological polar surface area (TPSA) is 252 Å². The lowest BCUT2D eigenvalue weighted by Crippen LogP contribution is -2.63. The number of esters is 2. The number of benzene rings is 3. The van der Waals surface area contributed by atoms with Gasteiger partial charge in [0, 0.05) is 30.1 Å². The molecule has 0 radical (unpaired) electrons. The van der Waals surface area contributed by atoms with Crippen LogP contribution in [0.5, 0.6) is 0 Å². The Labute approximate surface area is 798 Å². The van der Waals surface area contributed by atoms with Gasteiger partial charge in [0.2, 0.25) is 12.2 Å². The SMILES string of the molecule is CC[C@H](C)[C@H](C[C@@H](CC(=O)O[C@@H]1C(C)C(O[C@@H]2O[C@H](C)[C@H](O[C@@H]3OC[C@@H](OCc4ccccc4)C(O[C@@H]4OC[C@@H](OCc5ccccc5)C(OCc5ccccc5)C4C)C3C)C3OC(C)(C)OC32)[C@@H](OC(=N)C(Cl)(Cl)Cl)O[C@@H]1C)O[Si](C)(C)C(C)(C)C)OC(=O)C[C@H](C[C@H](O[C@@H]1O[C@@H](CO[Si](C)(C)C(C)(C)C)C(O[Si](C)(C)C(C)(C)C)C1C)[C@@H](C)CC)O[Si](C)(C)C(C)(C)C. The van der Waals surface area contributed by atoms with Crippen LogP contribution in [0.2, 0.25) is 72.5 Å². The van der Waals surface area contributed by atoms with Crippen molar-refractivity contribution >= 4 is 85.9 Å². The van der Waals surface area contributed by atoms with Gasteiger partial charge < -0.3 is 98.2 Å². The van der Waals surface area contributed by atoms with Crippen molar-refractivity contribution in [1.82, 2.24) is 0 Å². The molecule has 0 amide bonds. The first kappa shape index (κ1) is 111. The van der Waals surface area contributed by atoms with Crippen LogP contribution >= 0.6 is 34.8 Å². The van der Waals surface area contributed by atoms with E-state index >= 15 is 9.59 Å². The van der Waals surface area contributed by atoms with Crippen molar-refractivity contribution in [2.45, 2.75) is 442 Å². The molecule has 0 saturated carbocycles. The lowest BCUT2D eigenvalue weighted by Gasteiger charge is -2.49. The van der Waals surface area contributed by atoms with Crippen molar-refractivity contribution < 1.29 is 108 Å². The third-order valence-electron chi connectivity index (χ3n) is 29.4. The highest BCUT2D eigenvalue weighted by Gasteiger charge is 2.61. The molecule has 0 aliphatic carbocycles. The summed E-state index contributed by atoms with van der Waals surface area (Å²) in [5, 5.41) is 8.32. The highest BCUT2D eigenvalue weighted by atomic mass is 35.6. The van der Waals surface area contributed by atoms with E-state index in [1.165, 1.54) is 0 Å². The fraction of sp³-hybridized carbons (Fsp3) is 0.788. The van der Waals surface area contributed by atoms with Gasteiger partial charge in [0.15, 0.2) is 64.2 Å². The molecule has 0 bridgehead atoms. The summed E-state index contributed by atoms with van der Waals surface area (Å²) in [4.78, 5) is 30.6. The number of halogens is 3. The number of nitrogens with one attached hydrogen (secondary N) is 1. The molecule has 6 saturated heterocycles. The van der Waals surface area contributed by atoms with Gasteiger partial charge in [-0.05, 0) is 135 Å². The monoisotopic (exact) mass is 1950 g/mol. The number of ether oxygens (including phenoxy) is 17. The zero-order chi connectivity index (χ0) is 96.6. The average Bonchev–Trinajstić information content (AvgIpc) is 1.58. The third-order valence-corrected chi connectivity index (χ3v) is 48.0. The first-order valence-corrected chi connectivity index (χ1v) is 60.5. The molecule has 0 spiro atoms. The number of carbonyl (C=O) groups excluding carboxylic acids is 2. The van der Waals surface area contributed by atoms with Crippen LogP contribution in [-0.2, 0) is 128 Å². The second-order valence-corrected chi connectivity index (χ2v) is 65.6. The number of carbonyl (C=O) groups is 2.